The highest BCUT2D eigenvalue weighted by Gasteiger charge is 2.24. The van der Waals surface area contributed by atoms with Crippen LogP contribution in [0.15, 0.2) is 133 Å². The van der Waals surface area contributed by atoms with Crippen molar-refractivity contribution in [3.63, 3.8) is 0 Å². The molecule has 0 saturated heterocycles. The zero-order valence-corrected chi connectivity index (χ0v) is 23.4. The van der Waals surface area contributed by atoms with Crippen molar-refractivity contribution in [2.75, 3.05) is 0 Å². The van der Waals surface area contributed by atoms with Gasteiger partial charge in [0, 0.05) is 33.2 Å². The van der Waals surface area contributed by atoms with E-state index in [1.165, 1.54) is 10.8 Å². The van der Waals surface area contributed by atoms with Crippen molar-refractivity contribution in [2.24, 2.45) is 0 Å². The molecular formula is C38H25N4O-. The third-order valence-corrected chi connectivity index (χ3v) is 8.00. The number of benzene rings is 6. The summed E-state index contributed by atoms with van der Waals surface area (Å²) < 4.78 is 8.72. The summed E-state index contributed by atoms with van der Waals surface area (Å²) in [5.74, 6) is 3.71. The van der Waals surface area contributed by atoms with Crippen LogP contribution in [0, 0.1) is 7.43 Å². The summed E-state index contributed by atoms with van der Waals surface area (Å²) in [6.45, 7) is 0. The summed E-state index contributed by atoms with van der Waals surface area (Å²) in [6, 6.07) is 45.5. The van der Waals surface area contributed by atoms with Crippen LogP contribution < -0.4 is 4.74 Å². The van der Waals surface area contributed by atoms with Gasteiger partial charge in [0.25, 0.3) is 0 Å². The van der Waals surface area contributed by atoms with Gasteiger partial charge in [0.15, 0.2) is 17.5 Å². The van der Waals surface area contributed by atoms with E-state index in [0.717, 1.165) is 55.7 Å². The van der Waals surface area contributed by atoms with Gasteiger partial charge >= 0.3 is 0 Å². The molecule has 3 heterocycles. The van der Waals surface area contributed by atoms with E-state index in [2.05, 4.69) is 77.4 Å². The average molecular weight is 554 g/mol. The summed E-state index contributed by atoms with van der Waals surface area (Å²) in [5, 5.41) is 4.70. The van der Waals surface area contributed by atoms with Gasteiger partial charge in [-0.05, 0) is 41.8 Å². The lowest BCUT2D eigenvalue weighted by atomic mass is 10.0. The maximum atomic E-state index is 6.40. The SMILES string of the molecule is [CH3-].c1ccc(-c2nc(-c3ccccc3)nc(-c3cccc(-n4c5cccc6c5c5c7c(cccc7ccc54)O6)c3)n2)cc1. The van der Waals surface area contributed by atoms with E-state index in [4.69, 9.17) is 19.7 Å². The van der Waals surface area contributed by atoms with Crippen LogP contribution >= 0.6 is 0 Å². The molecule has 1 aliphatic rings. The number of hydrogen-bond acceptors (Lipinski definition) is 4. The Balaban J connectivity index is 0.00000278. The van der Waals surface area contributed by atoms with Gasteiger partial charge < -0.3 is 16.7 Å². The number of nitrogens with zero attached hydrogens (tertiary/aromatic N) is 4. The van der Waals surface area contributed by atoms with Crippen molar-refractivity contribution in [2.45, 2.75) is 0 Å². The van der Waals surface area contributed by atoms with Gasteiger partial charge in [-0.25, -0.2) is 15.0 Å². The van der Waals surface area contributed by atoms with E-state index in [-0.39, 0.29) is 7.43 Å². The molecule has 0 amide bonds. The predicted octanol–water partition coefficient (Wildman–Crippen LogP) is 9.68. The van der Waals surface area contributed by atoms with Gasteiger partial charge in [0.2, 0.25) is 0 Å². The summed E-state index contributed by atoms with van der Waals surface area (Å²) in [4.78, 5) is 14.8. The molecule has 0 aliphatic carbocycles. The Hall–Kier alpha value is -5.81. The fourth-order valence-electron chi connectivity index (χ4n) is 6.15. The average Bonchev–Trinajstić information content (AvgIpc) is 3.41. The first-order valence-corrected chi connectivity index (χ1v) is 14.0. The Bertz CT molecular complexity index is 2270. The molecule has 0 unspecified atom stereocenters. The van der Waals surface area contributed by atoms with E-state index in [1.807, 2.05) is 60.7 Å². The first kappa shape index (κ1) is 24.9. The van der Waals surface area contributed by atoms with Crippen LogP contribution in [0.2, 0.25) is 0 Å². The summed E-state index contributed by atoms with van der Waals surface area (Å²) in [6.07, 6.45) is 0. The molecule has 6 aromatic carbocycles. The fourth-order valence-corrected chi connectivity index (χ4v) is 6.15. The molecule has 0 radical (unpaired) electrons. The maximum Gasteiger partial charge on any atom is 0.164 e. The van der Waals surface area contributed by atoms with Gasteiger partial charge in [0.1, 0.15) is 11.5 Å². The molecule has 43 heavy (non-hydrogen) atoms. The quantitative estimate of drug-likeness (QED) is 0.204. The lowest BCUT2D eigenvalue weighted by molar-refractivity contribution is 0.493. The minimum absolute atomic E-state index is 0. The van der Waals surface area contributed by atoms with Crippen LogP contribution in [0.25, 0.3) is 72.4 Å². The largest absolute Gasteiger partial charge is 0.456 e. The first-order chi connectivity index (χ1) is 20.8. The van der Waals surface area contributed by atoms with E-state index in [9.17, 15) is 0 Å². The minimum Gasteiger partial charge on any atom is -0.456 e. The number of ether oxygens (including phenoxy) is 1. The van der Waals surface area contributed by atoms with E-state index in [1.54, 1.807) is 0 Å². The lowest BCUT2D eigenvalue weighted by Gasteiger charge is -2.15. The highest BCUT2D eigenvalue weighted by atomic mass is 16.5. The normalized spacial score (nSPS) is 11.7. The van der Waals surface area contributed by atoms with Crippen molar-refractivity contribution in [3.8, 4) is 51.3 Å². The van der Waals surface area contributed by atoms with Crippen LogP contribution in [0.3, 0.4) is 0 Å². The second-order valence-electron chi connectivity index (χ2n) is 10.5. The highest BCUT2D eigenvalue weighted by molar-refractivity contribution is 6.26. The molecule has 5 heteroatoms. The van der Waals surface area contributed by atoms with Crippen molar-refractivity contribution in [1.29, 1.82) is 0 Å². The molecule has 0 bridgehead atoms. The first-order valence-electron chi connectivity index (χ1n) is 14.0. The number of hydrogen-bond donors (Lipinski definition) is 0. The standard InChI is InChI=1S/C37H22N4O.CH3/c1-3-10-24(11-4-1)35-38-36(25-12-5-2-6-13-25)40-37(39-35)26-15-7-16-27(22-26)41-28-17-9-19-31-33(28)34-29(41)21-20-23-14-8-18-30(42-31)32(23)34;/h1-22H;1H3/q;-1. The third-order valence-electron chi connectivity index (χ3n) is 8.00. The molecule has 5 nitrogen and oxygen atoms in total. The Kier molecular flexibility index (Phi) is 5.59. The summed E-state index contributed by atoms with van der Waals surface area (Å²) in [5.41, 5.74) is 6.10. The molecule has 9 rings (SSSR count). The van der Waals surface area contributed by atoms with Crippen LogP contribution in [0.4, 0.5) is 0 Å². The van der Waals surface area contributed by atoms with Crippen LogP contribution in [0.5, 0.6) is 11.5 Å². The maximum absolute atomic E-state index is 6.40. The van der Waals surface area contributed by atoms with Gasteiger partial charge in [-0.2, -0.15) is 0 Å². The van der Waals surface area contributed by atoms with Crippen molar-refractivity contribution < 1.29 is 4.74 Å². The smallest absolute Gasteiger partial charge is 0.164 e. The molecule has 8 aromatic rings. The van der Waals surface area contributed by atoms with Crippen molar-refractivity contribution in [3.05, 3.63) is 141 Å². The minimum atomic E-state index is 0. The number of rotatable bonds is 4. The fraction of sp³-hybridized carbons (Fsp3) is 0. The zero-order valence-electron chi connectivity index (χ0n) is 23.4. The Morgan fingerprint density at radius 1 is 0.442 bits per heavy atom. The molecule has 0 spiro atoms. The van der Waals surface area contributed by atoms with Gasteiger partial charge in [-0.1, -0.05) is 97.1 Å². The van der Waals surface area contributed by atoms with Crippen molar-refractivity contribution in [1.82, 2.24) is 19.5 Å². The molecule has 0 saturated carbocycles. The van der Waals surface area contributed by atoms with Crippen molar-refractivity contribution >= 4 is 32.6 Å². The lowest BCUT2D eigenvalue weighted by Crippen LogP contribution is -2.01. The van der Waals surface area contributed by atoms with Gasteiger partial charge in [-0.3, -0.25) is 0 Å². The highest BCUT2D eigenvalue weighted by Crippen LogP contribution is 2.48. The second-order valence-corrected chi connectivity index (χ2v) is 10.5. The molecule has 2 aromatic heterocycles. The predicted molar refractivity (Wildman–Crippen MR) is 174 cm³/mol. The topological polar surface area (TPSA) is 52.8 Å². The van der Waals surface area contributed by atoms with Crippen LogP contribution in [-0.4, -0.2) is 19.5 Å². The van der Waals surface area contributed by atoms with Gasteiger partial charge in [0.05, 0.1) is 16.4 Å². The van der Waals surface area contributed by atoms with Crippen LogP contribution in [0.1, 0.15) is 0 Å². The van der Waals surface area contributed by atoms with Crippen LogP contribution in [-0.2, 0) is 0 Å². The Morgan fingerprint density at radius 2 is 1.00 bits per heavy atom. The molecular weight excluding hydrogens is 528 g/mol. The Labute approximate surface area is 248 Å². The van der Waals surface area contributed by atoms with E-state index < -0.39 is 0 Å². The zero-order chi connectivity index (χ0) is 27.6. The molecule has 0 fully saturated rings. The third kappa shape index (κ3) is 3.82. The Morgan fingerprint density at radius 3 is 1.70 bits per heavy atom. The van der Waals surface area contributed by atoms with E-state index >= 15 is 0 Å². The monoisotopic (exact) mass is 553 g/mol. The summed E-state index contributed by atoms with van der Waals surface area (Å²) in [7, 11) is 0. The molecule has 204 valence electrons. The second kappa shape index (κ2) is 9.64. The molecule has 0 N–H and O–H groups in total. The molecule has 0 atom stereocenters. The van der Waals surface area contributed by atoms with E-state index in [0.29, 0.717) is 17.5 Å². The summed E-state index contributed by atoms with van der Waals surface area (Å²) >= 11 is 0. The molecule has 1 aliphatic heterocycles. The van der Waals surface area contributed by atoms with Gasteiger partial charge in [-0.15, -0.1) is 0 Å². The number of aromatic nitrogens is 4.